The van der Waals surface area contributed by atoms with Crippen LogP contribution in [-0.4, -0.2) is 19.6 Å². The van der Waals surface area contributed by atoms with Crippen LogP contribution in [0.4, 0.5) is 0 Å². The van der Waals surface area contributed by atoms with Gasteiger partial charge in [0.1, 0.15) is 0 Å². The van der Waals surface area contributed by atoms with Crippen molar-refractivity contribution in [1.29, 1.82) is 0 Å². The molecule has 14 heavy (non-hydrogen) atoms. The summed E-state index contributed by atoms with van der Waals surface area (Å²) in [5.74, 6) is -0.0827. The van der Waals surface area contributed by atoms with Crippen molar-refractivity contribution in [2.75, 3.05) is 0 Å². The number of H-pyrrole nitrogens is 1. The van der Waals surface area contributed by atoms with Gasteiger partial charge in [0, 0.05) is 6.20 Å². The van der Waals surface area contributed by atoms with Crippen molar-refractivity contribution in [3.05, 3.63) is 46.8 Å². The largest absolute Gasteiger partial charge is 0.493 e. The summed E-state index contributed by atoms with van der Waals surface area (Å²) in [5.41, 5.74) is 0.387. The van der Waals surface area contributed by atoms with Crippen LogP contribution in [0.3, 0.4) is 0 Å². The number of hydrogen-bond donors (Lipinski definition) is 2. The summed E-state index contributed by atoms with van der Waals surface area (Å²) in [6.07, 6.45) is 2.90. The summed E-state index contributed by atoms with van der Waals surface area (Å²) in [4.78, 5) is 17.6. The molecule has 0 atom stereocenters. The maximum absolute atomic E-state index is 11.2. The Balaban J connectivity index is 2.32. The summed E-state index contributed by atoms with van der Waals surface area (Å²) in [7, 11) is 0. The minimum absolute atomic E-state index is 0.0827. The van der Waals surface area contributed by atoms with Gasteiger partial charge in [0.15, 0.2) is 0 Å². The third-order valence-corrected chi connectivity index (χ3v) is 1.89. The van der Waals surface area contributed by atoms with E-state index in [2.05, 4.69) is 9.97 Å². The Hall–Kier alpha value is -2.04. The van der Waals surface area contributed by atoms with Crippen LogP contribution in [0.5, 0.6) is 5.88 Å². The lowest BCUT2D eigenvalue weighted by molar-refractivity contribution is 0.420. The van der Waals surface area contributed by atoms with Crippen molar-refractivity contribution in [3.8, 4) is 5.88 Å². The van der Waals surface area contributed by atoms with Gasteiger partial charge in [0.2, 0.25) is 5.88 Å². The molecule has 0 saturated carbocycles. The van der Waals surface area contributed by atoms with Crippen LogP contribution in [0.15, 0.2) is 35.4 Å². The highest BCUT2D eigenvalue weighted by atomic mass is 16.3. The second-order valence-electron chi connectivity index (χ2n) is 2.86. The van der Waals surface area contributed by atoms with Crippen LogP contribution < -0.4 is 5.69 Å². The molecular formula is C9H9N3O2. The first-order valence-corrected chi connectivity index (χ1v) is 4.14. The number of aromatic hydroxyl groups is 1. The first-order chi connectivity index (χ1) is 6.77. The van der Waals surface area contributed by atoms with Gasteiger partial charge in [-0.25, -0.2) is 4.79 Å². The monoisotopic (exact) mass is 191 g/mol. The fraction of sp³-hybridized carbons (Fsp3) is 0.111. The predicted molar refractivity (Wildman–Crippen MR) is 50.1 cm³/mol. The van der Waals surface area contributed by atoms with Crippen molar-refractivity contribution in [1.82, 2.24) is 14.5 Å². The molecule has 2 heterocycles. The van der Waals surface area contributed by atoms with Gasteiger partial charge >= 0.3 is 5.69 Å². The van der Waals surface area contributed by atoms with Crippen molar-refractivity contribution in [2.45, 2.75) is 6.54 Å². The van der Waals surface area contributed by atoms with E-state index in [0.29, 0.717) is 0 Å². The van der Waals surface area contributed by atoms with Gasteiger partial charge in [0.25, 0.3) is 0 Å². The normalized spacial score (nSPS) is 10.3. The van der Waals surface area contributed by atoms with E-state index < -0.39 is 0 Å². The predicted octanol–water partition coefficient (Wildman–Crippen LogP) is 0.325. The van der Waals surface area contributed by atoms with Crippen molar-refractivity contribution in [3.63, 3.8) is 0 Å². The topological polar surface area (TPSA) is 70.9 Å². The van der Waals surface area contributed by atoms with Crippen LogP contribution in [0.2, 0.25) is 0 Å². The average Bonchev–Trinajstić information content (AvgIpc) is 2.51. The maximum atomic E-state index is 11.2. The number of aromatic amines is 1. The molecule has 0 amide bonds. The zero-order valence-electron chi connectivity index (χ0n) is 7.34. The van der Waals surface area contributed by atoms with Crippen LogP contribution in [0, 0.1) is 0 Å². The zero-order chi connectivity index (χ0) is 9.97. The fourth-order valence-electron chi connectivity index (χ4n) is 1.19. The fourth-order valence-corrected chi connectivity index (χ4v) is 1.19. The first kappa shape index (κ1) is 8.55. The molecule has 0 aliphatic heterocycles. The molecule has 0 aliphatic rings. The SMILES string of the molecule is O=c1[nH]cc(O)n1Cc1ccccn1. The molecule has 5 nitrogen and oxygen atoms in total. The summed E-state index contributed by atoms with van der Waals surface area (Å²) >= 11 is 0. The van der Waals surface area contributed by atoms with Gasteiger partial charge < -0.3 is 10.1 Å². The number of aromatic nitrogens is 3. The minimum Gasteiger partial charge on any atom is -0.493 e. The standard InChI is InChI=1S/C9H9N3O2/c13-8-5-11-9(14)12(8)6-7-3-1-2-4-10-7/h1-5,13H,6H2,(H,11,14). The summed E-state index contributed by atoms with van der Waals surface area (Å²) in [6.45, 7) is 0.273. The van der Waals surface area contributed by atoms with Gasteiger partial charge in [-0.05, 0) is 12.1 Å². The van der Waals surface area contributed by atoms with Gasteiger partial charge in [0.05, 0.1) is 18.4 Å². The van der Waals surface area contributed by atoms with Crippen molar-refractivity contribution < 1.29 is 5.11 Å². The van der Waals surface area contributed by atoms with E-state index in [0.717, 1.165) is 5.69 Å². The minimum atomic E-state index is -0.340. The highest BCUT2D eigenvalue weighted by Gasteiger charge is 2.04. The van der Waals surface area contributed by atoms with Gasteiger partial charge in [-0.15, -0.1) is 0 Å². The van der Waals surface area contributed by atoms with E-state index in [1.165, 1.54) is 10.8 Å². The Kier molecular flexibility index (Phi) is 2.06. The molecule has 0 aliphatic carbocycles. The molecular weight excluding hydrogens is 182 g/mol. The van der Waals surface area contributed by atoms with Crippen molar-refractivity contribution >= 4 is 0 Å². The van der Waals surface area contributed by atoms with E-state index in [9.17, 15) is 9.90 Å². The molecule has 0 spiro atoms. The summed E-state index contributed by atoms with van der Waals surface area (Å²) in [6, 6.07) is 5.42. The molecule has 2 aromatic heterocycles. The van der Waals surface area contributed by atoms with Crippen LogP contribution in [0.1, 0.15) is 5.69 Å². The second-order valence-corrected chi connectivity index (χ2v) is 2.86. The van der Waals surface area contributed by atoms with E-state index in [1.807, 2.05) is 6.07 Å². The number of nitrogens with one attached hydrogen (secondary N) is 1. The lowest BCUT2D eigenvalue weighted by Crippen LogP contribution is -2.17. The zero-order valence-corrected chi connectivity index (χ0v) is 7.34. The van der Waals surface area contributed by atoms with E-state index in [-0.39, 0.29) is 18.1 Å². The van der Waals surface area contributed by atoms with E-state index in [1.54, 1.807) is 18.3 Å². The smallest absolute Gasteiger partial charge is 0.328 e. The number of pyridine rings is 1. The third kappa shape index (κ3) is 1.52. The molecule has 2 N–H and O–H groups in total. The maximum Gasteiger partial charge on any atom is 0.328 e. The Bertz CT molecular complexity index is 472. The molecule has 0 radical (unpaired) electrons. The molecule has 2 rings (SSSR count). The highest BCUT2D eigenvalue weighted by Crippen LogP contribution is 2.05. The van der Waals surface area contributed by atoms with Crippen LogP contribution in [0.25, 0.3) is 0 Å². The molecule has 0 bridgehead atoms. The quantitative estimate of drug-likeness (QED) is 0.718. The molecule has 72 valence electrons. The highest BCUT2D eigenvalue weighted by molar-refractivity contribution is 5.09. The van der Waals surface area contributed by atoms with Gasteiger partial charge in [-0.1, -0.05) is 6.07 Å². The molecule has 0 aromatic carbocycles. The Morgan fingerprint density at radius 3 is 2.93 bits per heavy atom. The first-order valence-electron chi connectivity index (χ1n) is 4.14. The molecule has 5 heteroatoms. The summed E-state index contributed by atoms with van der Waals surface area (Å²) in [5, 5.41) is 9.30. The Labute approximate surface area is 79.7 Å². The molecule has 0 fully saturated rings. The van der Waals surface area contributed by atoms with Gasteiger partial charge in [-0.3, -0.25) is 9.55 Å². The number of rotatable bonds is 2. The second kappa shape index (κ2) is 3.37. The summed E-state index contributed by atoms with van der Waals surface area (Å²) < 4.78 is 1.21. The number of nitrogens with zero attached hydrogens (tertiary/aromatic N) is 2. The third-order valence-electron chi connectivity index (χ3n) is 1.89. The van der Waals surface area contributed by atoms with Crippen LogP contribution in [-0.2, 0) is 6.54 Å². The number of hydrogen-bond acceptors (Lipinski definition) is 3. The lowest BCUT2D eigenvalue weighted by Gasteiger charge is -2.01. The Morgan fingerprint density at radius 1 is 1.50 bits per heavy atom. The number of imidazole rings is 1. The molecule has 2 aromatic rings. The molecule has 0 saturated heterocycles. The Morgan fingerprint density at radius 2 is 2.36 bits per heavy atom. The average molecular weight is 191 g/mol. The van der Waals surface area contributed by atoms with Crippen molar-refractivity contribution in [2.24, 2.45) is 0 Å². The lowest BCUT2D eigenvalue weighted by atomic mass is 10.3. The van der Waals surface area contributed by atoms with Crippen LogP contribution >= 0.6 is 0 Å². The van der Waals surface area contributed by atoms with E-state index >= 15 is 0 Å². The van der Waals surface area contributed by atoms with Gasteiger partial charge in [-0.2, -0.15) is 0 Å². The van der Waals surface area contributed by atoms with E-state index in [4.69, 9.17) is 0 Å². The molecule has 0 unspecified atom stereocenters.